The average molecular weight is 299 g/mol. The molecule has 0 radical (unpaired) electrons. The summed E-state index contributed by atoms with van der Waals surface area (Å²) >= 11 is 4.02. The van der Waals surface area contributed by atoms with Crippen molar-refractivity contribution in [2.75, 3.05) is 22.2 Å². The topological polar surface area (TPSA) is 54.5 Å². The lowest BCUT2D eigenvalue weighted by molar-refractivity contribution is -0.116. The summed E-state index contributed by atoms with van der Waals surface area (Å²) in [7, 11) is -3.02. The van der Waals surface area contributed by atoms with Crippen molar-refractivity contribution in [2.24, 2.45) is 0 Å². The highest BCUT2D eigenvalue weighted by Crippen LogP contribution is 2.25. The molecule has 1 fully saturated rings. The number of rotatable bonds is 3. The van der Waals surface area contributed by atoms with Gasteiger partial charge in [-0.15, -0.1) is 0 Å². The van der Waals surface area contributed by atoms with E-state index in [2.05, 4.69) is 12.6 Å². The molecule has 1 aromatic rings. The summed E-state index contributed by atoms with van der Waals surface area (Å²) in [5.41, 5.74) is 1.84. The standard InChI is InChI=1S/C13H17NO3S2/c1-10-2-4-11(5-3-10)14(13(15)8-18)12-6-7-19(16,17)9-12/h2-5,12,18H,6-9H2,1H3/t12-/m1/s1. The maximum atomic E-state index is 12.1. The predicted octanol–water partition coefficient (Wildman–Crippen LogP) is 1.44. The highest BCUT2D eigenvalue weighted by molar-refractivity contribution is 7.91. The Morgan fingerprint density at radius 1 is 1.37 bits per heavy atom. The molecular weight excluding hydrogens is 282 g/mol. The van der Waals surface area contributed by atoms with Gasteiger partial charge < -0.3 is 4.90 Å². The van der Waals surface area contributed by atoms with Gasteiger partial charge >= 0.3 is 0 Å². The van der Waals surface area contributed by atoms with Gasteiger partial charge in [0.15, 0.2) is 9.84 Å². The number of hydrogen-bond donors (Lipinski definition) is 1. The second-order valence-corrected chi connectivity index (χ2v) is 7.36. The molecular formula is C13H17NO3S2. The van der Waals surface area contributed by atoms with Gasteiger partial charge in [0.1, 0.15) is 0 Å². The Bertz CT molecular complexity index is 566. The second kappa shape index (κ2) is 5.54. The van der Waals surface area contributed by atoms with E-state index in [-0.39, 0.29) is 29.2 Å². The Hall–Kier alpha value is -1.01. The van der Waals surface area contributed by atoms with Crippen LogP contribution in [0.4, 0.5) is 5.69 Å². The van der Waals surface area contributed by atoms with Gasteiger partial charge in [-0.05, 0) is 25.5 Å². The van der Waals surface area contributed by atoms with Crippen molar-refractivity contribution in [3.8, 4) is 0 Å². The number of aryl methyl sites for hydroxylation is 1. The summed E-state index contributed by atoms with van der Waals surface area (Å²) < 4.78 is 23.2. The summed E-state index contributed by atoms with van der Waals surface area (Å²) in [5, 5.41) is 0. The first-order chi connectivity index (χ1) is 8.93. The maximum absolute atomic E-state index is 12.1. The number of amides is 1. The number of nitrogens with zero attached hydrogens (tertiary/aromatic N) is 1. The lowest BCUT2D eigenvalue weighted by atomic mass is 10.1. The van der Waals surface area contributed by atoms with Crippen molar-refractivity contribution >= 4 is 34.1 Å². The molecule has 0 saturated carbocycles. The quantitative estimate of drug-likeness (QED) is 0.859. The third-order valence-corrected chi connectivity index (χ3v) is 5.31. The van der Waals surface area contributed by atoms with Crippen molar-refractivity contribution in [2.45, 2.75) is 19.4 Å². The first kappa shape index (κ1) is 14.4. The highest BCUT2D eigenvalue weighted by atomic mass is 32.2. The fourth-order valence-electron chi connectivity index (χ4n) is 2.32. The molecule has 1 saturated heterocycles. The Morgan fingerprint density at radius 3 is 2.47 bits per heavy atom. The Kier molecular flexibility index (Phi) is 4.20. The van der Waals surface area contributed by atoms with E-state index >= 15 is 0 Å². The van der Waals surface area contributed by atoms with Gasteiger partial charge in [-0.2, -0.15) is 12.6 Å². The molecule has 0 aliphatic carbocycles. The number of sulfone groups is 1. The van der Waals surface area contributed by atoms with Crippen LogP contribution in [0.5, 0.6) is 0 Å². The number of thiol groups is 1. The molecule has 1 aromatic carbocycles. The lowest BCUT2D eigenvalue weighted by Gasteiger charge is -2.28. The zero-order valence-electron chi connectivity index (χ0n) is 10.7. The first-order valence-electron chi connectivity index (χ1n) is 6.13. The first-order valence-corrected chi connectivity index (χ1v) is 8.58. The average Bonchev–Trinajstić information content (AvgIpc) is 2.72. The number of hydrogen-bond acceptors (Lipinski definition) is 4. The van der Waals surface area contributed by atoms with E-state index < -0.39 is 9.84 Å². The van der Waals surface area contributed by atoms with Crippen LogP contribution in [-0.2, 0) is 14.6 Å². The molecule has 0 bridgehead atoms. The van der Waals surface area contributed by atoms with Crippen molar-refractivity contribution in [1.82, 2.24) is 0 Å². The van der Waals surface area contributed by atoms with Gasteiger partial charge in [-0.3, -0.25) is 4.79 Å². The predicted molar refractivity (Wildman–Crippen MR) is 79.6 cm³/mol. The summed E-state index contributed by atoms with van der Waals surface area (Å²) in [6.45, 7) is 1.97. The van der Waals surface area contributed by atoms with Gasteiger partial charge in [-0.25, -0.2) is 8.42 Å². The Balaban J connectivity index is 2.32. The van der Waals surface area contributed by atoms with Gasteiger partial charge in [0.05, 0.1) is 23.3 Å². The van der Waals surface area contributed by atoms with Gasteiger partial charge in [0.25, 0.3) is 0 Å². The molecule has 1 aliphatic rings. The van der Waals surface area contributed by atoms with Crippen LogP contribution in [-0.4, -0.2) is 37.6 Å². The van der Waals surface area contributed by atoms with E-state index in [4.69, 9.17) is 0 Å². The molecule has 2 rings (SSSR count). The van der Waals surface area contributed by atoms with Crippen LogP contribution < -0.4 is 4.90 Å². The molecule has 0 unspecified atom stereocenters. The fourth-order valence-corrected chi connectivity index (χ4v) is 4.17. The summed E-state index contributed by atoms with van der Waals surface area (Å²) in [6.07, 6.45) is 0.496. The smallest absolute Gasteiger partial charge is 0.236 e. The van der Waals surface area contributed by atoms with Crippen molar-refractivity contribution in [1.29, 1.82) is 0 Å². The van der Waals surface area contributed by atoms with Crippen molar-refractivity contribution in [3.63, 3.8) is 0 Å². The normalized spacial score (nSPS) is 21.3. The second-order valence-electron chi connectivity index (χ2n) is 4.81. The van der Waals surface area contributed by atoms with E-state index in [1.807, 2.05) is 31.2 Å². The van der Waals surface area contributed by atoms with Crippen LogP contribution in [0.25, 0.3) is 0 Å². The molecule has 4 nitrogen and oxygen atoms in total. The minimum atomic E-state index is -3.02. The Labute approximate surface area is 119 Å². The number of carbonyl (C=O) groups is 1. The molecule has 19 heavy (non-hydrogen) atoms. The largest absolute Gasteiger partial charge is 0.308 e. The van der Waals surface area contributed by atoms with Crippen molar-refractivity contribution < 1.29 is 13.2 Å². The van der Waals surface area contributed by atoms with Gasteiger partial charge in [0, 0.05) is 5.69 Å². The molecule has 6 heteroatoms. The molecule has 0 aromatic heterocycles. The van der Waals surface area contributed by atoms with E-state index in [1.165, 1.54) is 0 Å². The maximum Gasteiger partial charge on any atom is 0.236 e. The van der Waals surface area contributed by atoms with E-state index in [0.29, 0.717) is 6.42 Å². The van der Waals surface area contributed by atoms with Crippen LogP contribution in [0.15, 0.2) is 24.3 Å². The van der Waals surface area contributed by atoms with E-state index in [9.17, 15) is 13.2 Å². The zero-order valence-corrected chi connectivity index (χ0v) is 12.5. The van der Waals surface area contributed by atoms with Crippen molar-refractivity contribution in [3.05, 3.63) is 29.8 Å². The Morgan fingerprint density at radius 2 is 2.00 bits per heavy atom. The van der Waals surface area contributed by atoms with Crippen LogP contribution >= 0.6 is 12.6 Å². The highest BCUT2D eigenvalue weighted by Gasteiger charge is 2.34. The molecule has 1 amide bonds. The van der Waals surface area contributed by atoms with Gasteiger partial charge in [-0.1, -0.05) is 17.7 Å². The number of carbonyl (C=O) groups excluding carboxylic acids is 1. The number of benzene rings is 1. The van der Waals surface area contributed by atoms with E-state index in [1.54, 1.807) is 4.90 Å². The van der Waals surface area contributed by atoms with Crippen LogP contribution in [0.1, 0.15) is 12.0 Å². The van der Waals surface area contributed by atoms with Crippen LogP contribution in [0.2, 0.25) is 0 Å². The molecule has 0 spiro atoms. The minimum Gasteiger partial charge on any atom is -0.308 e. The number of anilines is 1. The zero-order chi connectivity index (χ0) is 14.0. The summed E-state index contributed by atoms with van der Waals surface area (Å²) in [4.78, 5) is 13.6. The van der Waals surface area contributed by atoms with Crippen LogP contribution in [0, 0.1) is 6.92 Å². The summed E-state index contributed by atoms with van der Waals surface area (Å²) in [6, 6.07) is 7.26. The molecule has 1 aliphatic heterocycles. The third-order valence-electron chi connectivity index (χ3n) is 3.29. The van der Waals surface area contributed by atoms with Gasteiger partial charge in [0.2, 0.25) is 5.91 Å². The summed E-state index contributed by atoms with van der Waals surface area (Å²) in [5.74, 6) is 0.110. The molecule has 104 valence electrons. The van der Waals surface area contributed by atoms with Crippen LogP contribution in [0.3, 0.4) is 0 Å². The monoisotopic (exact) mass is 299 g/mol. The third kappa shape index (κ3) is 3.30. The molecule has 1 atom stereocenters. The lowest BCUT2D eigenvalue weighted by Crippen LogP contribution is -2.42. The fraction of sp³-hybridized carbons (Fsp3) is 0.462. The van der Waals surface area contributed by atoms with E-state index in [0.717, 1.165) is 11.3 Å². The molecule has 1 heterocycles. The SMILES string of the molecule is Cc1ccc(N(C(=O)CS)[C@@H]2CCS(=O)(=O)C2)cc1. The molecule has 0 N–H and O–H groups in total. The minimum absolute atomic E-state index is 0.0421.